The second-order valence-electron chi connectivity index (χ2n) is 4.71. The van der Waals surface area contributed by atoms with E-state index < -0.39 is 14.8 Å². The Morgan fingerprint density at radius 3 is 2.55 bits per heavy atom. The molecule has 1 N–H and O–H groups in total. The van der Waals surface area contributed by atoms with Gasteiger partial charge in [-0.05, 0) is 18.9 Å². The predicted molar refractivity (Wildman–Crippen MR) is 74.9 cm³/mol. The largest absolute Gasteiger partial charge is 0.495 e. The number of hydrogen-bond acceptors (Lipinski definition) is 6. The van der Waals surface area contributed by atoms with Crippen LogP contribution >= 0.6 is 0 Å². The Morgan fingerprint density at radius 2 is 2.00 bits per heavy atom. The first-order valence-electron chi connectivity index (χ1n) is 6.21. The number of methoxy groups -OCH3 is 1. The molecule has 1 aromatic rings. The average Bonchev–Trinajstić information content (AvgIpc) is 2.41. The minimum absolute atomic E-state index is 0.0190. The first-order valence-corrected chi connectivity index (χ1v) is 8.03. The fourth-order valence-corrected chi connectivity index (χ4v) is 3.67. The van der Waals surface area contributed by atoms with Gasteiger partial charge in [-0.2, -0.15) is 0 Å². The predicted octanol–water partition coefficient (Wildman–Crippen LogP) is 1.59. The number of non-ortho nitro benzene ring substituents is 1. The van der Waals surface area contributed by atoms with Crippen LogP contribution in [0.2, 0.25) is 0 Å². The minimum atomic E-state index is -2.92. The van der Waals surface area contributed by atoms with Crippen molar-refractivity contribution < 1.29 is 18.1 Å². The molecule has 0 unspecified atom stereocenters. The summed E-state index contributed by atoms with van der Waals surface area (Å²) in [4.78, 5) is 10.3. The Bertz CT molecular complexity index is 600. The number of rotatable bonds is 4. The van der Waals surface area contributed by atoms with Crippen LogP contribution < -0.4 is 10.1 Å². The average molecular weight is 300 g/mol. The van der Waals surface area contributed by atoms with E-state index in [1.54, 1.807) is 0 Å². The molecule has 2 rings (SSSR count). The SMILES string of the molecule is COc1ccc([N+](=O)[O-])cc1NC1CCS(=O)(=O)CC1. The Hall–Kier alpha value is -1.83. The first-order chi connectivity index (χ1) is 9.41. The Balaban J connectivity index is 2.15. The lowest BCUT2D eigenvalue weighted by atomic mass is 10.1. The molecule has 0 radical (unpaired) electrons. The molecule has 0 bridgehead atoms. The van der Waals surface area contributed by atoms with E-state index in [-0.39, 0.29) is 23.2 Å². The van der Waals surface area contributed by atoms with Gasteiger partial charge in [-0.25, -0.2) is 8.42 Å². The van der Waals surface area contributed by atoms with Crippen LogP contribution in [0.5, 0.6) is 5.75 Å². The number of nitro benzene ring substituents is 1. The van der Waals surface area contributed by atoms with Crippen LogP contribution in [-0.2, 0) is 9.84 Å². The molecule has 0 aromatic heterocycles. The van der Waals surface area contributed by atoms with Gasteiger partial charge in [0, 0.05) is 18.2 Å². The normalized spacial score (nSPS) is 18.4. The van der Waals surface area contributed by atoms with E-state index in [0.717, 1.165) is 0 Å². The molecule has 0 saturated carbocycles. The maximum absolute atomic E-state index is 11.4. The van der Waals surface area contributed by atoms with Gasteiger partial charge in [0.2, 0.25) is 0 Å². The van der Waals surface area contributed by atoms with Crippen molar-refractivity contribution in [2.24, 2.45) is 0 Å². The van der Waals surface area contributed by atoms with Crippen LogP contribution in [-0.4, -0.2) is 38.0 Å². The summed E-state index contributed by atoms with van der Waals surface area (Å²) in [6, 6.07) is 4.28. The topological polar surface area (TPSA) is 98.5 Å². The van der Waals surface area contributed by atoms with Gasteiger partial charge in [0.15, 0.2) is 0 Å². The van der Waals surface area contributed by atoms with Gasteiger partial charge < -0.3 is 10.1 Å². The molecule has 0 spiro atoms. The zero-order valence-electron chi connectivity index (χ0n) is 11.0. The van der Waals surface area contributed by atoms with Crippen LogP contribution in [0.3, 0.4) is 0 Å². The van der Waals surface area contributed by atoms with Gasteiger partial charge in [0.25, 0.3) is 5.69 Å². The molecular weight excluding hydrogens is 284 g/mol. The molecule has 1 aromatic carbocycles. The Morgan fingerprint density at radius 1 is 1.35 bits per heavy atom. The number of ether oxygens (including phenoxy) is 1. The Kier molecular flexibility index (Phi) is 4.12. The zero-order chi connectivity index (χ0) is 14.8. The van der Waals surface area contributed by atoms with Gasteiger partial charge in [0.1, 0.15) is 15.6 Å². The molecule has 1 saturated heterocycles. The number of hydrogen-bond donors (Lipinski definition) is 1. The molecule has 1 heterocycles. The lowest BCUT2D eigenvalue weighted by Gasteiger charge is -2.24. The highest BCUT2D eigenvalue weighted by molar-refractivity contribution is 7.91. The molecule has 1 aliphatic rings. The summed E-state index contributed by atoms with van der Waals surface area (Å²) in [6.07, 6.45) is 0.988. The second-order valence-corrected chi connectivity index (χ2v) is 7.02. The van der Waals surface area contributed by atoms with Gasteiger partial charge in [-0.1, -0.05) is 0 Å². The van der Waals surface area contributed by atoms with Crippen LogP contribution in [0.15, 0.2) is 18.2 Å². The van der Waals surface area contributed by atoms with Crippen molar-refractivity contribution in [3.8, 4) is 5.75 Å². The monoisotopic (exact) mass is 300 g/mol. The van der Waals surface area contributed by atoms with Crippen molar-refractivity contribution in [1.82, 2.24) is 0 Å². The van der Waals surface area contributed by atoms with E-state index >= 15 is 0 Å². The molecule has 1 fully saturated rings. The molecule has 7 nitrogen and oxygen atoms in total. The maximum atomic E-state index is 11.4. The van der Waals surface area contributed by atoms with Gasteiger partial charge in [0.05, 0.1) is 29.2 Å². The summed E-state index contributed by atoms with van der Waals surface area (Å²) in [5, 5.41) is 13.9. The number of benzene rings is 1. The fourth-order valence-electron chi connectivity index (χ4n) is 2.18. The van der Waals surface area contributed by atoms with Crippen molar-refractivity contribution in [3.05, 3.63) is 28.3 Å². The van der Waals surface area contributed by atoms with Gasteiger partial charge >= 0.3 is 0 Å². The van der Waals surface area contributed by atoms with Gasteiger partial charge in [-0.15, -0.1) is 0 Å². The lowest BCUT2D eigenvalue weighted by molar-refractivity contribution is -0.384. The summed E-state index contributed by atoms with van der Waals surface area (Å²) in [5.74, 6) is 0.785. The van der Waals surface area contributed by atoms with E-state index in [4.69, 9.17) is 4.74 Å². The smallest absolute Gasteiger partial charge is 0.271 e. The number of nitrogens with one attached hydrogen (secondary N) is 1. The maximum Gasteiger partial charge on any atom is 0.271 e. The van der Waals surface area contributed by atoms with Crippen molar-refractivity contribution in [1.29, 1.82) is 0 Å². The van der Waals surface area contributed by atoms with Crippen LogP contribution in [0, 0.1) is 10.1 Å². The minimum Gasteiger partial charge on any atom is -0.495 e. The summed E-state index contributed by atoms with van der Waals surface area (Å²) >= 11 is 0. The van der Waals surface area contributed by atoms with E-state index in [1.165, 1.54) is 25.3 Å². The van der Waals surface area contributed by atoms with Crippen LogP contribution in [0.25, 0.3) is 0 Å². The quantitative estimate of drug-likeness (QED) is 0.669. The zero-order valence-corrected chi connectivity index (χ0v) is 11.9. The fraction of sp³-hybridized carbons (Fsp3) is 0.500. The molecule has 1 aliphatic heterocycles. The number of sulfone groups is 1. The van der Waals surface area contributed by atoms with E-state index in [2.05, 4.69) is 5.32 Å². The Labute approximate surface area is 117 Å². The standard InChI is InChI=1S/C12H16N2O5S/c1-19-12-3-2-10(14(15)16)8-11(12)13-9-4-6-20(17,18)7-5-9/h2-3,8-9,13H,4-7H2,1H3. The van der Waals surface area contributed by atoms with E-state index in [0.29, 0.717) is 24.3 Å². The number of anilines is 1. The molecule has 20 heavy (non-hydrogen) atoms. The third-order valence-corrected chi connectivity index (χ3v) is 5.02. The number of nitrogens with zero attached hydrogens (tertiary/aromatic N) is 1. The van der Waals surface area contributed by atoms with Crippen molar-refractivity contribution in [2.75, 3.05) is 23.9 Å². The van der Waals surface area contributed by atoms with E-state index in [1.807, 2.05) is 0 Å². The summed E-state index contributed by atoms with van der Waals surface area (Å²) in [7, 11) is -1.44. The highest BCUT2D eigenvalue weighted by atomic mass is 32.2. The van der Waals surface area contributed by atoms with Crippen LogP contribution in [0.1, 0.15) is 12.8 Å². The molecule has 0 atom stereocenters. The van der Waals surface area contributed by atoms with Crippen molar-refractivity contribution >= 4 is 21.2 Å². The highest BCUT2D eigenvalue weighted by Gasteiger charge is 2.24. The highest BCUT2D eigenvalue weighted by Crippen LogP contribution is 2.30. The third-order valence-electron chi connectivity index (χ3n) is 3.31. The summed E-state index contributed by atoms with van der Waals surface area (Å²) in [5.41, 5.74) is 0.489. The molecule has 0 amide bonds. The van der Waals surface area contributed by atoms with Crippen molar-refractivity contribution in [2.45, 2.75) is 18.9 Å². The number of nitro groups is 1. The molecule has 8 heteroatoms. The van der Waals surface area contributed by atoms with Crippen LogP contribution in [0.4, 0.5) is 11.4 Å². The molecular formula is C12H16N2O5S. The lowest BCUT2D eigenvalue weighted by Crippen LogP contribution is -2.32. The van der Waals surface area contributed by atoms with Crippen molar-refractivity contribution in [3.63, 3.8) is 0 Å². The third kappa shape index (κ3) is 3.38. The van der Waals surface area contributed by atoms with E-state index in [9.17, 15) is 18.5 Å². The molecule has 0 aliphatic carbocycles. The first kappa shape index (κ1) is 14.6. The van der Waals surface area contributed by atoms with Gasteiger partial charge in [-0.3, -0.25) is 10.1 Å². The summed E-state index contributed by atoms with van der Waals surface area (Å²) < 4.78 is 27.9. The summed E-state index contributed by atoms with van der Waals surface area (Å²) in [6.45, 7) is 0. The molecule has 110 valence electrons. The second kappa shape index (κ2) is 5.66.